The fourth-order valence-electron chi connectivity index (χ4n) is 10.5. The van der Waals surface area contributed by atoms with E-state index in [4.69, 9.17) is 15.0 Å². The molecule has 10 aromatic carbocycles. The first-order chi connectivity index (χ1) is 30.2. The Kier molecular flexibility index (Phi) is 7.22. The molecule has 2 aliphatic rings. The van der Waals surface area contributed by atoms with E-state index in [2.05, 4.69) is 212 Å². The smallest absolute Gasteiger partial charge is 0.164 e. The van der Waals surface area contributed by atoms with E-state index < -0.39 is 0 Å². The van der Waals surface area contributed by atoms with Crippen LogP contribution < -0.4 is 0 Å². The second kappa shape index (κ2) is 13.0. The van der Waals surface area contributed by atoms with Crippen molar-refractivity contribution >= 4 is 32.3 Å². The quantitative estimate of drug-likeness (QED) is 0.179. The first-order valence-electron chi connectivity index (χ1n) is 20.9. The van der Waals surface area contributed by atoms with E-state index >= 15 is 0 Å². The van der Waals surface area contributed by atoms with Crippen molar-refractivity contribution in [2.24, 2.45) is 0 Å². The van der Waals surface area contributed by atoms with Gasteiger partial charge in [-0.25, -0.2) is 15.0 Å². The maximum absolute atomic E-state index is 5.21. The molecule has 0 bridgehead atoms. The fourth-order valence-corrected chi connectivity index (χ4v) is 10.5. The van der Waals surface area contributed by atoms with Gasteiger partial charge in [-0.1, -0.05) is 200 Å². The van der Waals surface area contributed by atoms with Gasteiger partial charge in [0.05, 0.1) is 5.41 Å². The van der Waals surface area contributed by atoms with E-state index in [0.717, 1.165) is 49.0 Å². The molecule has 282 valence electrons. The monoisotopic (exact) mass is 773 g/mol. The Balaban J connectivity index is 0.966. The van der Waals surface area contributed by atoms with Gasteiger partial charge < -0.3 is 0 Å². The van der Waals surface area contributed by atoms with Gasteiger partial charge >= 0.3 is 0 Å². The van der Waals surface area contributed by atoms with Crippen LogP contribution in [0.15, 0.2) is 212 Å². The lowest BCUT2D eigenvalue weighted by molar-refractivity contribution is 0.794. The van der Waals surface area contributed by atoms with Gasteiger partial charge in [-0.05, 0) is 100 Å². The topological polar surface area (TPSA) is 38.7 Å². The minimum absolute atomic E-state index is 0.374. The number of rotatable bonds is 4. The molecule has 1 heterocycles. The number of hydrogen-bond donors (Lipinski definition) is 0. The van der Waals surface area contributed by atoms with Crippen LogP contribution in [0.1, 0.15) is 22.3 Å². The normalized spacial score (nSPS) is 13.0. The summed E-state index contributed by atoms with van der Waals surface area (Å²) in [5.41, 5.74) is 15.6. The first kappa shape index (κ1) is 33.9. The van der Waals surface area contributed by atoms with Crippen molar-refractivity contribution in [3.63, 3.8) is 0 Å². The zero-order valence-corrected chi connectivity index (χ0v) is 33.0. The van der Waals surface area contributed by atoms with Crippen molar-refractivity contribution in [3.8, 4) is 67.5 Å². The van der Waals surface area contributed by atoms with Gasteiger partial charge in [-0.3, -0.25) is 0 Å². The lowest BCUT2D eigenvalue weighted by Gasteiger charge is -2.30. The molecule has 61 heavy (non-hydrogen) atoms. The molecule has 3 nitrogen and oxygen atoms in total. The Morgan fingerprint density at radius 1 is 0.262 bits per heavy atom. The Labute approximate surface area is 353 Å². The highest BCUT2D eigenvalue weighted by molar-refractivity contribution is 6.02. The van der Waals surface area contributed by atoms with E-state index in [1.165, 1.54) is 55.6 Å². The van der Waals surface area contributed by atoms with Crippen molar-refractivity contribution in [2.75, 3.05) is 0 Å². The minimum atomic E-state index is -0.374. The maximum atomic E-state index is 5.21. The van der Waals surface area contributed by atoms with E-state index in [0.29, 0.717) is 17.5 Å². The highest BCUT2D eigenvalue weighted by Gasteiger charge is 2.51. The second-order valence-electron chi connectivity index (χ2n) is 16.3. The van der Waals surface area contributed by atoms with Crippen LogP contribution in [0.3, 0.4) is 0 Å². The van der Waals surface area contributed by atoms with Crippen LogP contribution in [0.25, 0.3) is 99.9 Å². The third-order valence-electron chi connectivity index (χ3n) is 13.1. The number of nitrogens with zero attached hydrogens (tertiary/aromatic N) is 3. The largest absolute Gasteiger partial charge is 0.208 e. The second-order valence-corrected chi connectivity index (χ2v) is 16.3. The molecule has 1 spiro atoms. The van der Waals surface area contributed by atoms with Crippen LogP contribution in [0.5, 0.6) is 0 Å². The van der Waals surface area contributed by atoms with Crippen molar-refractivity contribution in [1.29, 1.82) is 0 Å². The molecule has 0 unspecified atom stereocenters. The lowest BCUT2D eigenvalue weighted by atomic mass is 9.70. The summed E-state index contributed by atoms with van der Waals surface area (Å²) in [6.07, 6.45) is 0. The number of benzene rings is 10. The van der Waals surface area contributed by atoms with Crippen molar-refractivity contribution in [1.82, 2.24) is 15.0 Å². The van der Waals surface area contributed by atoms with Gasteiger partial charge in [0.2, 0.25) is 0 Å². The molecule has 0 fully saturated rings. The molecule has 0 saturated carbocycles. The Hall–Kier alpha value is -8.01. The summed E-state index contributed by atoms with van der Waals surface area (Å²) < 4.78 is 0. The molecule has 13 rings (SSSR count). The van der Waals surface area contributed by atoms with E-state index in [1.807, 2.05) is 0 Å². The van der Waals surface area contributed by atoms with Crippen molar-refractivity contribution in [3.05, 3.63) is 235 Å². The molecule has 11 aromatic rings. The predicted octanol–water partition coefficient (Wildman–Crippen LogP) is 14.3. The van der Waals surface area contributed by atoms with Crippen LogP contribution in [0, 0.1) is 0 Å². The Bertz CT molecular complexity index is 3470. The molecule has 2 aliphatic carbocycles. The van der Waals surface area contributed by atoms with Gasteiger partial charge in [-0.15, -0.1) is 0 Å². The van der Waals surface area contributed by atoms with Crippen molar-refractivity contribution < 1.29 is 0 Å². The first-order valence-corrected chi connectivity index (χ1v) is 20.9. The van der Waals surface area contributed by atoms with Gasteiger partial charge in [0, 0.05) is 16.7 Å². The molecule has 0 amide bonds. The number of aromatic nitrogens is 3. The summed E-state index contributed by atoms with van der Waals surface area (Å²) in [7, 11) is 0. The fraction of sp³-hybridized carbons (Fsp3) is 0.0172. The standard InChI is InChI=1S/C58H35N3/c1-3-18-42-36(14-1)16-11-24-47(42)56-59-55(60-57(61-56)48-25-12-17-37-15-2-4-19-43(37)48)41-33-31-38-34-40(32-30-39(38)35-41)44-23-13-29-53-54(44)49-22-7-10-28-52(49)58(53)50-26-8-5-20-45(50)46-21-6-9-27-51(46)58/h1-35H. The average molecular weight is 774 g/mol. The molecule has 0 aliphatic heterocycles. The van der Waals surface area contributed by atoms with E-state index in [1.54, 1.807) is 0 Å². The van der Waals surface area contributed by atoms with Gasteiger partial charge in [0.25, 0.3) is 0 Å². The number of hydrogen-bond acceptors (Lipinski definition) is 3. The van der Waals surface area contributed by atoms with Gasteiger partial charge in [-0.2, -0.15) is 0 Å². The minimum Gasteiger partial charge on any atom is -0.208 e. The molecule has 0 N–H and O–H groups in total. The Morgan fingerprint density at radius 2 is 0.672 bits per heavy atom. The van der Waals surface area contributed by atoms with Gasteiger partial charge in [0.1, 0.15) is 0 Å². The molecular weight excluding hydrogens is 739 g/mol. The SMILES string of the molecule is c1ccc2c(c1)-c1ccccc1C21c2ccccc2-c2c(-c3ccc4cc(-c5nc(-c6cccc7ccccc67)nc(-c6cccc7ccccc67)n5)ccc4c3)cccc21. The summed E-state index contributed by atoms with van der Waals surface area (Å²) in [6.45, 7) is 0. The summed E-state index contributed by atoms with van der Waals surface area (Å²) in [5.74, 6) is 1.96. The summed E-state index contributed by atoms with van der Waals surface area (Å²) in [6, 6.07) is 76.9. The molecule has 1 aromatic heterocycles. The summed E-state index contributed by atoms with van der Waals surface area (Å²) in [4.78, 5) is 15.6. The maximum Gasteiger partial charge on any atom is 0.164 e. The van der Waals surface area contributed by atoms with E-state index in [-0.39, 0.29) is 5.41 Å². The molecule has 3 heteroatoms. The third-order valence-corrected chi connectivity index (χ3v) is 13.1. The Morgan fingerprint density at radius 3 is 1.30 bits per heavy atom. The zero-order chi connectivity index (χ0) is 40.1. The molecule has 0 atom stereocenters. The van der Waals surface area contributed by atoms with Gasteiger partial charge in [0.15, 0.2) is 17.5 Å². The number of fused-ring (bicyclic) bond motifs is 13. The molecule has 0 radical (unpaired) electrons. The summed E-state index contributed by atoms with van der Waals surface area (Å²) >= 11 is 0. The highest BCUT2D eigenvalue weighted by Crippen LogP contribution is 2.64. The highest BCUT2D eigenvalue weighted by atomic mass is 15.0. The van der Waals surface area contributed by atoms with Crippen LogP contribution in [0.2, 0.25) is 0 Å². The van der Waals surface area contributed by atoms with Crippen LogP contribution >= 0.6 is 0 Å². The summed E-state index contributed by atoms with van der Waals surface area (Å²) in [5, 5.41) is 6.81. The third kappa shape index (κ3) is 4.89. The molecular formula is C58H35N3. The van der Waals surface area contributed by atoms with E-state index in [9.17, 15) is 0 Å². The van der Waals surface area contributed by atoms with Crippen LogP contribution in [-0.2, 0) is 5.41 Å². The van der Waals surface area contributed by atoms with Crippen molar-refractivity contribution in [2.45, 2.75) is 5.41 Å². The molecule has 0 saturated heterocycles. The predicted molar refractivity (Wildman–Crippen MR) is 250 cm³/mol. The lowest BCUT2D eigenvalue weighted by Crippen LogP contribution is -2.25. The zero-order valence-electron chi connectivity index (χ0n) is 33.0. The van der Waals surface area contributed by atoms with Crippen LogP contribution in [-0.4, -0.2) is 15.0 Å². The average Bonchev–Trinajstić information content (AvgIpc) is 3.81. The van der Waals surface area contributed by atoms with Crippen LogP contribution in [0.4, 0.5) is 0 Å².